The van der Waals surface area contributed by atoms with Crippen LogP contribution >= 0.6 is 0 Å². The fourth-order valence-electron chi connectivity index (χ4n) is 14.0. The monoisotopic (exact) mass is 1710 g/mol. The molecule has 0 radical (unpaired) electrons. The Morgan fingerprint density at radius 2 is 0.608 bits per heavy atom. The first-order valence-electron chi connectivity index (χ1n) is 37.1. The van der Waals surface area contributed by atoms with E-state index in [2.05, 4.69) is 103 Å². The van der Waals surface area contributed by atoms with E-state index in [9.17, 15) is 68.2 Å². The number of nitrogens with one attached hydrogen (secondary N) is 4. The lowest BCUT2D eigenvalue weighted by Gasteiger charge is -2.54. The zero-order valence-corrected chi connectivity index (χ0v) is 68.5. The van der Waals surface area contributed by atoms with Crippen molar-refractivity contribution in [1.29, 1.82) is 10.8 Å². The van der Waals surface area contributed by atoms with Gasteiger partial charge in [0.05, 0.1) is 54.9 Å². The summed E-state index contributed by atoms with van der Waals surface area (Å²) in [5, 5.41) is 73.1. The van der Waals surface area contributed by atoms with Gasteiger partial charge < -0.3 is 49.9 Å². The van der Waals surface area contributed by atoms with Crippen LogP contribution in [0.15, 0.2) is 240 Å². The second-order valence-corrected chi connectivity index (χ2v) is 29.0. The number of benzene rings is 9. The lowest BCUT2D eigenvalue weighted by atomic mass is 9.71. The predicted molar refractivity (Wildman–Crippen MR) is 448 cm³/mol. The Morgan fingerprint density at radius 1 is 0.352 bits per heavy atom. The normalized spacial score (nSPS) is 12.9. The number of rotatable bonds is 15. The second kappa shape index (κ2) is 50.4. The van der Waals surface area contributed by atoms with Gasteiger partial charge in [-0.05, 0) is 206 Å². The molecule has 2 aliphatic rings. The van der Waals surface area contributed by atoms with Gasteiger partial charge in [-0.2, -0.15) is 38.4 Å². The van der Waals surface area contributed by atoms with Gasteiger partial charge in [0.2, 0.25) is 12.2 Å². The number of carbonyl (C=O) groups is 6. The van der Waals surface area contributed by atoms with Gasteiger partial charge in [0.15, 0.2) is 0 Å². The van der Waals surface area contributed by atoms with Crippen LogP contribution in [0.5, 0.6) is 0 Å². The first kappa shape index (κ1) is 103. The number of anilines is 2. The van der Waals surface area contributed by atoms with Gasteiger partial charge in [0.1, 0.15) is 0 Å². The van der Waals surface area contributed by atoms with Crippen molar-refractivity contribution in [2.75, 3.05) is 10.6 Å². The number of nitrogens with zero attached hydrogens (tertiary/aromatic N) is 2. The highest BCUT2D eigenvalue weighted by atomic mass is 16.4. The molecule has 0 spiro atoms. The van der Waals surface area contributed by atoms with Crippen molar-refractivity contribution in [3.05, 3.63) is 299 Å². The van der Waals surface area contributed by atoms with Gasteiger partial charge >= 0.3 is 78.1 Å². The van der Waals surface area contributed by atoms with Crippen LogP contribution in [-0.2, 0) is 61.0 Å². The van der Waals surface area contributed by atoms with Crippen LogP contribution in [0.4, 0.5) is 11.4 Å². The molecule has 2 saturated heterocycles. The van der Waals surface area contributed by atoms with Crippen molar-refractivity contribution in [3.8, 4) is 22.3 Å². The predicted octanol–water partition coefficient (Wildman–Crippen LogP) is 11.1. The average molecular weight is 1710 g/mol. The molecule has 0 unspecified atom stereocenters. The first-order valence-corrected chi connectivity index (χ1v) is 37.1. The molecular formula is C90H85BN6O28. The molecule has 646 valence electrons. The summed E-state index contributed by atoms with van der Waals surface area (Å²) in [5.41, 5.74) is 4.28. The molecule has 2 fully saturated rings. The molecule has 11 aromatic rings. The van der Waals surface area contributed by atoms with E-state index in [4.69, 9.17) is 69.0 Å². The van der Waals surface area contributed by atoms with Crippen molar-refractivity contribution >= 4 is 118 Å². The highest BCUT2D eigenvalue weighted by Gasteiger charge is 2.44. The molecule has 2 amide bonds. The largest absolute Gasteiger partial charge is 0.489 e. The van der Waals surface area contributed by atoms with Crippen molar-refractivity contribution < 1.29 is 116 Å². The summed E-state index contributed by atoms with van der Waals surface area (Å²) in [7, 11) is -1.46. The molecule has 0 aliphatic carbocycles. The third-order valence-electron chi connectivity index (χ3n) is 19.3. The van der Waals surface area contributed by atoms with Crippen LogP contribution in [0.3, 0.4) is 0 Å². The Balaban J connectivity index is 0.000000392. The number of carboxylic acids is 4. The summed E-state index contributed by atoms with van der Waals surface area (Å²) in [5.74, 6) is -5.62. The number of aromatic carboxylic acids is 4. The van der Waals surface area contributed by atoms with Crippen LogP contribution in [0, 0.1) is 10.8 Å². The maximum atomic E-state index is 12.5. The van der Waals surface area contributed by atoms with E-state index in [0.717, 1.165) is 70.8 Å². The Morgan fingerprint density at radius 3 is 0.896 bits per heavy atom. The number of carbonyl (C=O) groups excluding carboxylic acids is 12. The molecule has 0 bridgehead atoms. The van der Waals surface area contributed by atoms with Crippen LogP contribution in [0.25, 0.3) is 43.8 Å². The number of para-hydroxylation sites is 2. The topological polar surface area (TPSA) is 567 Å². The van der Waals surface area contributed by atoms with Crippen LogP contribution in [0.1, 0.15) is 167 Å². The van der Waals surface area contributed by atoms with Gasteiger partial charge in [-0.1, -0.05) is 140 Å². The zero-order valence-electron chi connectivity index (χ0n) is 68.5. The number of amides is 2. The average Bonchev–Trinajstić information content (AvgIpc) is 1.71. The minimum Gasteiger partial charge on any atom is -0.478 e. The molecule has 35 heteroatoms. The Kier molecular flexibility index (Phi) is 41.7. The van der Waals surface area contributed by atoms with E-state index in [1.807, 2.05) is 72.8 Å². The minimum absolute atomic E-state index is 0.0181. The fourth-order valence-corrected chi connectivity index (χ4v) is 14.0. The molecule has 125 heavy (non-hydrogen) atoms. The van der Waals surface area contributed by atoms with Crippen molar-refractivity contribution in [3.63, 3.8) is 0 Å². The molecule has 34 nitrogen and oxygen atoms in total. The lowest BCUT2D eigenvalue weighted by Crippen LogP contribution is -2.59. The van der Waals surface area contributed by atoms with Gasteiger partial charge in [0.25, 0.3) is 11.8 Å². The zero-order chi connectivity index (χ0) is 94.0. The molecule has 4 heterocycles. The summed E-state index contributed by atoms with van der Waals surface area (Å²) >= 11 is 0. The molecule has 13 rings (SSSR count). The Bertz CT molecular complexity index is 5600. The van der Waals surface area contributed by atoms with Crippen molar-refractivity contribution in [2.24, 2.45) is 0 Å². The number of isocyanates is 2. The summed E-state index contributed by atoms with van der Waals surface area (Å²) in [4.78, 5) is 200. The Labute approximate surface area is 711 Å². The van der Waals surface area contributed by atoms with E-state index in [-0.39, 0.29) is 102 Å². The molecule has 0 atom stereocenters. The van der Waals surface area contributed by atoms with Gasteiger partial charge in [0, 0.05) is 46.6 Å². The van der Waals surface area contributed by atoms with Gasteiger partial charge in [-0.25, -0.2) is 58.8 Å². The van der Waals surface area contributed by atoms with E-state index in [0.29, 0.717) is 16.8 Å². The number of likely N-dealkylation sites (tertiary alicyclic amines) is 2. The highest BCUT2D eigenvalue weighted by molar-refractivity contribution is 6.59. The molecule has 0 saturated carbocycles. The number of furan rings is 2. The number of fused-ring (bicyclic) bond motifs is 2. The number of carboxylic acid groups (broad SMARTS) is 4. The molecule has 10 N–H and O–H groups in total. The standard InChI is InChI=1S/C26H45BN2O2.2C20H15NO3.C10H2O6.C8H6O4.2CHNO.4CO2/c1-23(2)14-10-15-24(3,4)28(23)18-20-12-9-13-21(22(20)27(30)31)19-29-25(5,6)16-11-17-26(29,7)8;22-19(21-16-9-5-2-6-10-16)18-13-15(11-12-17(18)20(23)24)14-7-3-1-4-8-14;22-19(21-16-9-5-2-6-10-16)17-12-11-15(13-18(17)20(23)24)14-7-3-1-4-8-14;11-7-3-1-4-6(10(14)16-8(4)12)2-5(3)9(13)15-7;9-7(10)5-3-1-2-4-6(5)8(11)12;6*2-1-3/h9,12-13,30-31H,10-11,14-19H2,1-8H3;2*1-13H,(H,21,22)(H,23,24);1-2H;1-4H,(H,9,10)(H,11,12);2*2H;;;;. The molecule has 2 aromatic heterocycles. The molecule has 2 aliphatic heterocycles. The molecule has 9 aromatic carbocycles. The van der Waals surface area contributed by atoms with Crippen molar-refractivity contribution in [1.82, 2.24) is 9.80 Å². The van der Waals surface area contributed by atoms with E-state index >= 15 is 0 Å². The van der Waals surface area contributed by atoms with E-state index < -0.39 is 65.3 Å². The fraction of sp³-hybridized carbons (Fsp3) is 0.222. The number of hydrogen-bond acceptors (Lipinski definition) is 28. The molecular weight excluding hydrogens is 1620 g/mol. The van der Waals surface area contributed by atoms with Crippen LogP contribution in [0.2, 0.25) is 0 Å². The SMILES string of the molecule is CC1(C)CCCC(C)(C)N1Cc1cccc(CN2C(C)(C)CCCC2(C)C)c1B(O)O.N=C=O.N=C=O.O=C(O)c1cc(-c2ccccc2)ccc1C(=O)Nc1ccccc1.O=C(O)c1ccc(-c2ccccc2)cc1C(=O)Nc1ccccc1.O=C(O)c1ccccc1C(=O)O.O=C=O.O=C=O.O=C=O.O=C=O.O=c1oc(=O)c2cc3c(=O)oc(=O)c3cc12. The number of piperidine rings is 2. The van der Waals surface area contributed by atoms with Crippen molar-refractivity contribution in [2.45, 2.75) is 129 Å². The smallest absolute Gasteiger partial charge is 0.478 e. The quantitative estimate of drug-likeness (QED) is 0.0259. The summed E-state index contributed by atoms with van der Waals surface area (Å²) < 4.78 is 8.68. The van der Waals surface area contributed by atoms with Gasteiger partial charge in [-0.3, -0.25) is 19.4 Å². The van der Waals surface area contributed by atoms with Gasteiger partial charge in [-0.15, -0.1) is 0 Å². The van der Waals surface area contributed by atoms with Crippen LogP contribution in [-0.4, -0.2) is 142 Å². The maximum Gasteiger partial charge on any atom is 0.489 e. The van der Waals surface area contributed by atoms with Crippen LogP contribution < -0.4 is 38.6 Å². The van der Waals surface area contributed by atoms with E-state index in [1.54, 1.807) is 72.8 Å². The number of hydrogen-bond donors (Lipinski definition) is 10. The lowest BCUT2D eigenvalue weighted by molar-refractivity contribution is -0.193. The second-order valence-electron chi connectivity index (χ2n) is 29.0. The maximum absolute atomic E-state index is 12.5. The summed E-state index contributed by atoms with van der Waals surface area (Å²) in [6.07, 6.45) is 9.66. The summed E-state index contributed by atoms with van der Waals surface area (Å²) in [6, 6.07) is 60.5. The van der Waals surface area contributed by atoms with E-state index in [1.165, 1.54) is 74.9 Å². The first-order chi connectivity index (χ1) is 59.2. The third kappa shape index (κ3) is 30.8. The Hall–Kier alpha value is -15.7. The third-order valence-corrected chi connectivity index (χ3v) is 19.3. The summed E-state index contributed by atoms with van der Waals surface area (Å²) in [6.45, 7) is 20.1. The highest BCUT2D eigenvalue weighted by Crippen LogP contribution is 2.41. The minimum atomic E-state index is -1.46.